The number of halogens is 1. The molecule has 0 N–H and O–H groups in total. The average Bonchev–Trinajstić information content (AvgIpc) is 2.87. The predicted molar refractivity (Wildman–Crippen MR) is 158 cm³/mol. The van der Waals surface area contributed by atoms with Gasteiger partial charge in [-0.25, -0.2) is 4.39 Å². The second-order valence-corrected chi connectivity index (χ2v) is 11.7. The van der Waals surface area contributed by atoms with Crippen LogP contribution in [0.1, 0.15) is 112 Å². The lowest BCUT2D eigenvalue weighted by atomic mass is 9.77. The van der Waals surface area contributed by atoms with Gasteiger partial charge >= 0.3 is 0 Å². The van der Waals surface area contributed by atoms with E-state index in [4.69, 9.17) is 0 Å². The lowest BCUT2D eigenvalue weighted by Crippen LogP contribution is -2.15. The molecule has 0 nitrogen and oxygen atoms in total. The van der Waals surface area contributed by atoms with Crippen LogP contribution in [0.3, 0.4) is 0 Å². The lowest BCUT2D eigenvalue weighted by Gasteiger charge is -2.29. The third kappa shape index (κ3) is 5.71. The fraction of sp³-hybridized carbons (Fsp3) is 0.543. The van der Waals surface area contributed by atoms with Gasteiger partial charge in [0.2, 0.25) is 0 Å². The summed E-state index contributed by atoms with van der Waals surface area (Å²) < 4.78 is 12.4. The SMILES string of the molecule is C/C(=C\c1c(C)c(C)c(C)c(C)c1C)c1c(C)c(C)c(CCC2CCC(C/C=C/F)CC2)c(C)c1C. The molecule has 1 aliphatic carbocycles. The van der Waals surface area contributed by atoms with Gasteiger partial charge in [-0.2, -0.15) is 0 Å². The Kier molecular flexibility index (Phi) is 9.42. The van der Waals surface area contributed by atoms with E-state index in [-0.39, 0.29) is 0 Å². The molecule has 3 rings (SSSR count). The second-order valence-electron chi connectivity index (χ2n) is 11.7. The van der Waals surface area contributed by atoms with Gasteiger partial charge in [0.1, 0.15) is 0 Å². The molecule has 0 bridgehead atoms. The van der Waals surface area contributed by atoms with Crippen molar-refractivity contribution in [1.82, 2.24) is 0 Å². The Bertz CT molecular complexity index is 1110. The van der Waals surface area contributed by atoms with Gasteiger partial charge in [-0.15, -0.1) is 0 Å². The summed E-state index contributed by atoms with van der Waals surface area (Å²) in [6, 6.07) is 0. The summed E-state index contributed by atoms with van der Waals surface area (Å²) in [5.74, 6) is 1.50. The van der Waals surface area contributed by atoms with Crippen LogP contribution in [0.25, 0.3) is 11.6 Å². The van der Waals surface area contributed by atoms with Crippen LogP contribution in [0.15, 0.2) is 12.4 Å². The van der Waals surface area contributed by atoms with E-state index in [9.17, 15) is 4.39 Å². The number of hydrogen-bond donors (Lipinski definition) is 0. The van der Waals surface area contributed by atoms with Crippen molar-refractivity contribution in [3.63, 3.8) is 0 Å². The van der Waals surface area contributed by atoms with Crippen LogP contribution in [0.5, 0.6) is 0 Å². The zero-order chi connectivity index (χ0) is 26.7. The van der Waals surface area contributed by atoms with Gasteiger partial charge in [0.25, 0.3) is 0 Å². The van der Waals surface area contributed by atoms with E-state index in [1.165, 1.54) is 105 Å². The third-order valence-electron chi connectivity index (χ3n) is 9.92. The zero-order valence-electron chi connectivity index (χ0n) is 24.7. The molecule has 0 spiro atoms. The molecule has 1 aliphatic rings. The van der Waals surface area contributed by atoms with E-state index in [0.29, 0.717) is 12.2 Å². The monoisotopic (exact) mass is 488 g/mol. The largest absolute Gasteiger partial charge is 0.216 e. The maximum Gasteiger partial charge on any atom is 0.0827 e. The Morgan fingerprint density at radius 1 is 0.667 bits per heavy atom. The first-order chi connectivity index (χ1) is 17.0. The summed E-state index contributed by atoms with van der Waals surface area (Å²) in [4.78, 5) is 0. The lowest BCUT2D eigenvalue weighted by molar-refractivity contribution is 0.264. The number of allylic oxidation sites excluding steroid dienone is 2. The highest BCUT2D eigenvalue weighted by atomic mass is 19.1. The number of benzene rings is 2. The Morgan fingerprint density at radius 2 is 1.14 bits per heavy atom. The molecule has 1 heteroatoms. The van der Waals surface area contributed by atoms with Crippen molar-refractivity contribution >= 4 is 11.6 Å². The minimum absolute atomic E-state index is 0.684. The Balaban J connectivity index is 1.87. The van der Waals surface area contributed by atoms with Crippen molar-refractivity contribution in [2.75, 3.05) is 0 Å². The standard InChI is InChI=1S/C35H49F/c1-21(20-34-25(5)23(3)22(2)24(4)26(34)6)35-29(9)27(7)33(28(8)30(35)10)18-17-32-15-13-31(14-16-32)12-11-19-36/h11,19-20,31-32H,12-18H2,1-10H3/b19-11+,21-20+. The topological polar surface area (TPSA) is 0 Å². The van der Waals surface area contributed by atoms with Gasteiger partial charge in [-0.3, -0.25) is 0 Å². The predicted octanol–water partition coefficient (Wildman–Crippen LogP) is 10.6. The van der Waals surface area contributed by atoms with Gasteiger partial charge in [-0.05, 0) is 186 Å². The second kappa shape index (κ2) is 11.9. The highest BCUT2D eigenvalue weighted by molar-refractivity contribution is 5.86. The van der Waals surface area contributed by atoms with Gasteiger partial charge in [-0.1, -0.05) is 25.0 Å². The summed E-state index contributed by atoms with van der Waals surface area (Å²) in [5.41, 5.74) is 18.7. The van der Waals surface area contributed by atoms with Crippen LogP contribution >= 0.6 is 0 Å². The third-order valence-corrected chi connectivity index (χ3v) is 9.92. The summed E-state index contributed by atoms with van der Waals surface area (Å²) in [5, 5.41) is 0. The molecular weight excluding hydrogens is 439 g/mol. The first-order valence-electron chi connectivity index (χ1n) is 14.1. The molecule has 0 aromatic heterocycles. The van der Waals surface area contributed by atoms with Crippen molar-refractivity contribution in [2.24, 2.45) is 11.8 Å². The quantitative estimate of drug-likeness (QED) is 0.340. The minimum atomic E-state index is 0.684. The molecule has 36 heavy (non-hydrogen) atoms. The van der Waals surface area contributed by atoms with E-state index in [0.717, 1.165) is 12.3 Å². The fourth-order valence-corrected chi connectivity index (χ4v) is 6.74. The molecular formula is C35H49F. The van der Waals surface area contributed by atoms with Gasteiger partial charge in [0, 0.05) is 0 Å². The normalized spacial score (nSPS) is 18.9. The Morgan fingerprint density at radius 3 is 1.64 bits per heavy atom. The molecule has 2 aromatic carbocycles. The molecule has 0 radical (unpaired) electrons. The maximum absolute atomic E-state index is 12.4. The smallest absolute Gasteiger partial charge is 0.0827 e. The highest BCUT2D eigenvalue weighted by Gasteiger charge is 2.22. The van der Waals surface area contributed by atoms with E-state index in [1.807, 2.05) is 0 Å². The molecule has 0 saturated heterocycles. The van der Waals surface area contributed by atoms with Crippen molar-refractivity contribution in [3.05, 3.63) is 79.2 Å². The molecule has 0 aliphatic heterocycles. The van der Waals surface area contributed by atoms with E-state index < -0.39 is 0 Å². The molecule has 0 atom stereocenters. The summed E-state index contributed by atoms with van der Waals surface area (Å²) in [6.45, 7) is 23.0. The minimum Gasteiger partial charge on any atom is -0.216 e. The van der Waals surface area contributed by atoms with Crippen LogP contribution in [0, 0.1) is 74.1 Å². The van der Waals surface area contributed by atoms with Gasteiger partial charge in [0.05, 0.1) is 6.33 Å². The molecule has 1 saturated carbocycles. The van der Waals surface area contributed by atoms with Crippen LogP contribution in [-0.4, -0.2) is 0 Å². The summed E-state index contributed by atoms with van der Waals surface area (Å²) in [6.07, 6.45) is 13.3. The van der Waals surface area contributed by atoms with Crippen LogP contribution in [-0.2, 0) is 6.42 Å². The van der Waals surface area contributed by atoms with E-state index in [2.05, 4.69) is 75.3 Å². The van der Waals surface area contributed by atoms with Crippen molar-refractivity contribution in [2.45, 2.75) is 114 Å². The van der Waals surface area contributed by atoms with Crippen molar-refractivity contribution in [3.8, 4) is 0 Å². The van der Waals surface area contributed by atoms with Crippen LogP contribution in [0.4, 0.5) is 4.39 Å². The molecule has 0 amide bonds. The van der Waals surface area contributed by atoms with E-state index in [1.54, 1.807) is 11.6 Å². The fourth-order valence-electron chi connectivity index (χ4n) is 6.74. The van der Waals surface area contributed by atoms with E-state index >= 15 is 0 Å². The van der Waals surface area contributed by atoms with Gasteiger partial charge < -0.3 is 0 Å². The first-order valence-corrected chi connectivity index (χ1v) is 14.1. The van der Waals surface area contributed by atoms with Crippen molar-refractivity contribution in [1.29, 1.82) is 0 Å². The Hall–Kier alpha value is -2.15. The number of hydrogen-bond acceptors (Lipinski definition) is 0. The molecule has 196 valence electrons. The summed E-state index contributed by atoms with van der Waals surface area (Å²) in [7, 11) is 0. The molecule has 2 aromatic rings. The molecule has 0 heterocycles. The van der Waals surface area contributed by atoms with Crippen LogP contribution < -0.4 is 0 Å². The maximum atomic E-state index is 12.4. The van der Waals surface area contributed by atoms with Gasteiger partial charge in [0.15, 0.2) is 0 Å². The zero-order valence-corrected chi connectivity index (χ0v) is 24.7. The first kappa shape index (κ1) is 28.4. The highest BCUT2D eigenvalue weighted by Crippen LogP contribution is 2.37. The average molecular weight is 489 g/mol. The Labute approximate surface area is 221 Å². The molecule has 1 fully saturated rings. The summed E-state index contributed by atoms with van der Waals surface area (Å²) >= 11 is 0. The van der Waals surface area contributed by atoms with Crippen molar-refractivity contribution < 1.29 is 4.39 Å². The molecule has 0 unspecified atom stereocenters. The number of rotatable bonds is 7. The van der Waals surface area contributed by atoms with Crippen LogP contribution in [0.2, 0.25) is 0 Å².